The topological polar surface area (TPSA) is 66.5 Å². The fourth-order valence-electron chi connectivity index (χ4n) is 9.10. The number of aromatic nitrogens is 1. The van der Waals surface area contributed by atoms with Crippen LogP contribution in [0.3, 0.4) is 0 Å². The first-order chi connectivity index (χ1) is 25.1. The molecule has 2 heterocycles. The number of fused-ring (bicyclic) bond motifs is 3. The zero-order valence-electron chi connectivity index (χ0n) is 33.3. The number of allylic oxidation sites excluding steroid dienone is 3. The molecule has 52 heavy (non-hydrogen) atoms. The molecule has 0 spiro atoms. The number of hydrogen-bond acceptors (Lipinski definition) is 6. The Hall–Kier alpha value is -2.99. The molecule has 1 aliphatic heterocycles. The molecule has 0 atom stereocenters. The monoisotopic (exact) mass is 724 g/mol. The number of benzene rings is 1. The van der Waals surface area contributed by atoms with Crippen molar-refractivity contribution in [2.45, 2.75) is 148 Å². The third-order valence-corrected chi connectivity index (χ3v) is 13.8. The van der Waals surface area contributed by atoms with Gasteiger partial charge in [-0.2, -0.15) is 11.8 Å². The van der Waals surface area contributed by atoms with Gasteiger partial charge in [0.25, 0.3) is 0 Å². The molecule has 5 nitrogen and oxygen atoms in total. The number of nitrogens with one attached hydrogen (secondary N) is 1. The first kappa shape index (κ1) is 40.2. The first-order valence-electron chi connectivity index (χ1n) is 20.6. The van der Waals surface area contributed by atoms with Crippen molar-refractivity contribution < 1.29 is 0 Å². The van der Waals surface area contributed by atoms with Crippen LogP contribution in [0.1, 0.15) is 140 Å². The second kappa shape index (κ2) is 18.9. The number of nitrogens with zero attached hydrogens (tertiary/aromatic N) is 3. The molecule has 284 valence electrons. The molecule has 2 bridgehead atoms. The summed E-state index contributed by atoms with van der Waals surface area (Å²) in [6.45, 7) is 20.6. The summed E-state index contributed by atoms with van der Waals surface area (Å²) in [6.07, 6.45) is 24.5. The molecular formula is C46H69N5S. The van der Waals surface area contributed by atoms with E-state index in [4.69, 9.17) is 17.3 Å². The van der Waals surface area contributed by atoms with E-state index in [9.17, 15) is 0 Å². The predicted octanol–water partition coefficient (Wildman–Crippen LogP) is 11.3. The summed E-state index contributed by atoms with van der Waals surface area (Å²) < 4.78 is 0. The maximum Gasteiger partial charge on any atom is 0.133 e. The number of pyridine rings is 1. The van der Waals surface area contributed by atoms with Crippen molar-refractivity contribution in [2.24, 2.45) is 22.1 Å². The third-order valence-electron chi connectivity index (χ3n) is 12.8. The standard InChI is InChI=1S/C37H52N4.C9H17NS/c1-6-30-12-13-34(22-28(30)4)37-18-15-36(16-19-37,17-20-37)26-41(29(5)31-10-8-7-9-11-31)35-23-32(14-21-39-35)33(24-38)25-40-27(2)3;1-3-8(2)10-9-4-6-11-7-5-9/h12-14,21-25,27,31H,5-11,15-20,26,38H2,1-4H3;9-10H,2-7H2,1H3/b33-24+,40-25?;. The first-order valence-corrected chi connectivity index (χ1v) is 21.8. The molecular weight excluding hydrogens is 655 g/mol. The number of nitrogens with two attached hydrogens (primary N) is 1. The van der Waals surface area contributed by atoms with E-state index in [0.29, 0.717) is 22.8 Å². The van der Waals surface area contributed by atoms with Gasteiger partial charge in [-0.15, -0.1) is 0 Å². The van der Waals surface area contributed by atoms with Gasteiger partial charge in [-0.25, -0.2) is 4.98 Å². The zero-order chi connectivity index (χ0) is 37.1. The van der Waals surface area contributed by atoms with E-state index in [-0.39, 0.29) is 6.04 Å². The second-order valence-electron chi connectivity index (χ2n) is 16.6. The molecule has 6 heteroatoms. The molecule has 1 aromatic heterocycles. The molecule has 4 saturated carbocycles. The van der Waals surface area contributed by atoms with Gasteiger partial charge in [-0.1, -0.05) is 64.5 Å². The number of aliphatic imine (C=N–C) groups is 1. The van der Waals surface area contributed by atoms with E-state index < -0.39 is 0 Å². The lowest BCUT2D eigenvalue weighted by Gasteiger charge is -2.55. The maximum absolute atomic E-state index is 6.07. The second-order valence-corrected chi connectivity index (χ2v) is 17.8. The fourth-order valence-corrected chi connectivity index (χ4v) is 10.2. The number of hydrogen-bond donors (Lipinski definition) is 2. The summed E-state index contributed by atoms with van der Waals surface area (Å²) in [7, 11) is 0. The highest BCUT2D eigenvalue weighted by atomic mass is 32.2. The number of aryl methyl sites for hydroxylation is 2. The van der Waals surface area contributed by atoms with Crippen LogP contribution in [0.4, 0.5) is 5.82 Å². The smallest absolute Gasteiger partial charge is 0.133 e. The van der Waals surface area contributed by atoms with Crippen LogP contribution < -0.4 is 16.0 Å². The molecule has 2 aromatic rings. The van der Waals surface area contributed by atoms with Crippen LogP contribution in [0.25, 0.3) is 5.57 Å². The Morgan fingerprint density at radius 1 is 1.00 bits per heavy atom. The number of anilines is 1. The van der Waals surface area contributed by atoms with Gasteiger partial charge in [-0.05, 0) is 160 Å². The van der Waals surface area contributed by atoms with Crippen molar-refractivity contribution in [1.29, 1.82) is 0 Å². The van der Waals surface area contributed by atoms with E-state index in [2.05, 4.69) is 98.5 Å². The van der Waals surface area contributed by atoms with Crippen molar-refractivity contribution in [1.82, 2.24) is 10.3 Å². The highest BCUT2D eigenvalue weighted by molar-refractivity contribution is 7.99. The summed E-state index contributed by atoms with van der Waals surface area (Å²) in [5.74, 6) is 4.19. The minimum absolute atomic E-state index is 0.228. The van der Waals surface area contributed by atoms with Crippen LogP contribution in [0.5, 0.6) is 0 Å². The summed E-state index contributed by atoms with van der Waals surface area (Å²) >= 11 is 2.06. The Bertz CT molecular complexity index is 1520. The summed E-state index contributed by atoms with van der Waals surface area (Å²) in [5, 5.41) is 3.46. The average molecular weight is 724 g/mol. The Balaban J connectivity index is 0.000000407. The van der Waals surface area contributed by atoms with Gasteiger partial charge in [0.15, 0.2) is 0 Å². The largest absolute Gasteiger partial charge is 0.404 e. The third kappa shape index (κ3) is 10.2. The number of rotatable bonds is 13. The van der Waals surface area contributed by atoms with Crippen LogP contribution in [0.2, 0.25) is 0 Å². The summed E-state index contributed by atoms with van der Waals surface area (Å²) in [6, 6.07) is 12.5. The normalized spacial score (nSPS) is 24.1. The molecule has 0 unspecified atom stereocenters. The summed E-state index contributed by atoms with van der Waals surface area (Å²) in [4.78, 5) is 12.1. The van der Waals surface area contributed by atoms with Crippen molar-refractivity contribution in [3.05, 3.63) is 89.5 Å². The fraction of sp³-hybridized carbons (Fsp3) is 0.609. The maximum atomic E-state index is 6.07. The van der Waals surface area contributed by atoms with Gasteiger partial charge in [0.05, 0.1) is 0 Å². The molecule has 0 amide bonds. The van der Waals surface area contributed by atoms with Gasteiger partial charge in [-0.3, -0.25) is 4.99 Å². The molecule has 0 radical (unpaired) electrons. The molecule has 5 fully saturated rings. The van der Waals surface area contributed by atoms with Crippen LogP contribution in [0.15, 0.2) is 72.3 Å². The van der Waals surface area contributed by atoms with Crippen molar-refractivity contribution in [3.8, 4) is 0 Å². The van der Waals surface area contributed by atoms with Crippen molar-refractivity contribution in [2.75, 3.05) is 23.0 Å². The van der Waals surface area contributed by atoms with Gasteiger partial charge in [0, 0.05) is 54.2 Å². The SMILES string of the molecule is C=C(C1CCCCC1)N(CC12CCC(c3ccc(CC)c(C)c3)(CC1)CC2)c1cc(/C(C=NC(C)C)=C/N)ccn1.C=C(CC)NC1CCSCC1. The Morgan fingerprint density at radius 2 is 1.69 bits per heavy atom. The Labute approximate surface area is 321 Å². The molecule has 5 aliphatic rings. The number of thioether (sulfide) groups is 1. The van der Waals surface area contributed by atoms with Gasteiger partial charge in [0.1, 0.15) is 5.82 Å². The quantitative estimate of drug-likeness (QED) is 0.201. The molecule has 3 N–H and O–H groups in total. The van der Waals surface area contributed by atoms with Crippen LogP contribution in [-0.4, -0.2) is 41.3 Å². The molecule has 1 aromatic carbocycles. The van der Waals surface area contributed by atoms with Crippen molar-refractivity contribution in [3.63, 3.8) is 0 Å². The van der Waals surface area contributed by atoms with Crippen LogP contribution >= 0.6 is 11.8 Å². The van der Waals surface area contributed by atoms with Gasteiger partial charge < -0.3 is 16.0 Å². The van der Waals surface area contributed by atoms with E-state index in [1.165, 1.54) is 117 Å². The lowest BCUT2D eigenvalue weighted by Crippen LogP contribution is -2.49. The Kier molecular flexibility index (Phi) is 14.6. The molecule has 4 aliphatic carbocycles. The summed E-state index contributed by atoms with van der Waals surface area (Å²) in [5.41, 5.74) is 15.8. The van der Waals surface area contributed by atoms with Gasteiger partial charge in [0.2, 0.25) is 0 Å². The molecule has 7 rings (SSSR count). The van der Waals surface area contributed by atoms with Crippen LogP contribution in [0, 0.1) is 18.3 Å². The van der Waals surface area contributed by atoms with E-state index >= 15 is 0 Å². The predicted molar refractivity (Wildman–Crippen MR) is 228 cm³/mol. The lowest BCUT2D eigenvalue weighted by molar-refractivity contribution is 0.0459. The van der Waals surface area contributed by atoms with E-state index in [1.54, 1.807) is 11.8 Å². The Morgan fingerprint density at radius 3 is 2.29 bits per heavy atom. The van der Waals surface area contributed by atoms with Crippen molar-refractivity contribution >= 4 is 29.4 Å². The average Bonchev–Trinajstić information content (AvgIpc) is 3.18. The van der Waals surface area contributed by atoms with Gasteiger partial charge >= 0.3 is 0 Å². The molecule has 1 saturated heterocycles. The lowest BCUT2D eigenvalue weighted by atomic mass is 9.51. The van der Waals surface area contributed by atoms with E-state index in [0.717, 1.165) is 36.3 Å². The highest BCUT2D eigenvalue weighted by Crippen LogP contribution is 2.58. The zero-order valence-corrected chi connectivity index (χ0v) is 34.1. The highest BCUT2D eigenvalue weighted by Gasteiger charge is 2.50. The van der Waals surface area contributed by atoms with Crippen LogP contribution in [-0.2, 0) is 11.8 Å². The minimum atomic E-state index is 0.228. The van der Waals surface area contributed by atoms with E-state index in [1.807, 2.05) is 12.4 Å². The minimum Gasteiger partial charge on any atom is -0.404 e.